The van der Waals surface area contributed by atoms with E-state index in [0.29, 0.717) is 12.0 Å². The number of benzene rings is 1. The van der Waals surface area contributed by atoms with Crippen LogP contribution in [0.5, 0.6) is 0 Å². The summed E-state index contributed by atoms with van der Waals surface area (Å²) in [5, 5.41) is 2.39. The number of halogens is 4. The van der Waals surface area contributed by atoms with Crippen LogP contribution in [0.4, 0.5) is 17.6 Å². The lowest BCUT2D eigenvalue weighted by Crippen LogP contribution is -2.34. The van der Waals surface area contributed by atoms with E-state index in [1.54, 1.807) is 13.8 Å². The van der Waals surface area contributed by atoms with Crippen molar-refractivity contribution in [3.63, 3.8) is 0 Å². The van der Waals surface area contributed by atoms with Gasteiger partial charge in [-0.2, -0.15) is 13.2 Å². The molecule has 0 saturated carbocycles. The van der Waals surface area contributed by atoms with E-state index in [0.717, 1.165) is 6.07 Å². The Bertz CT molecular complexity index is 353. The second kappa shape index (κ2) is 5.49. The molecule has 1 nitrogen and oxygen atoms in total. The third-order valence-electron chi connectivity index (χ3n) is 2.32. The Balaban J connectivity index is 3.03. The van der Waals surface area contributed by atoms with Gasteiger partial charge in [0.15, 0.2) is 0 Å². The summed E-state index contributed by atoms with van der Waals surface area (Å²) in [4.78, 5) is 0. The van der Waals surface area contributed by atoms with Gasteiger partial charge in [0.1, 0.15) is 11.9 Å². The molecule has 0 radical (unpaired) electrons. The second-order valence-corrected chi connectivity index (χ2v) is 3.99. The Morgan fingerprint density at radius 2 is 1.88 bits per heavy atom. The lowest BCUT2D eigenvalue weighted by molar-refractivity contribution is -0.157. The van der Waals surface area contributed by atoms with Crippen molar-refractivity contribution in [2.45, 2.75) is 32.5 Å². The number of rotatable bonds is 4. The van der Waals surface area contributed by atoms with Crippen LogP contribution < -0.4 is 5.32 Å². The Morgan fingerprint density at radius 1 is 1.24 bits per heavy atom. The summed E-state index contributed by atoms with van der Waals surface area (Å²) in [6, 6.07) is 1.67. The van der Waals surface area contributed by atoms with Gasteiger partial charge < -0.3 is 5.32 Å². The largest absolute Gasteiger partial charge is 0.407 e. The maximum Gasteiger partial charge on any atom is 0.407 e. The van der Waals surface area contributed by atoms with E-state index in [2.05, 4.69) is 5.32 Å². The van der Waals surface area contributed by atoms with E-state index in [-0.39, 0.29) is 12.1 Å². The maximum atomic E-state index is 13.1. The summed E-state index contributed by atoms with van der Waals surface area (Å²) in [5.74, 6) is -0.646. The van der Waals surface area contributed by atoms with Gasteiger partial charge in [0.2, 0.25) is 0 Å². The molecular weight excluding hydrogens is 234 g/mol. The molecule has 17 heavy (non-hydrogen) atoms. The number of nitrogens with one attached hydrogen (secondary N) is 1. The number of alkyl halides is 3. The van der Waals surface area contributed by atoms with Crippen LogP contribution >= 0.6 is 0 Å². The maximum absolute atomic E-state index is 13.1. The molecule has 5 heteroatoms. The predicted octanol–water partition coefficient (Wildman–Crippen LogP) is 3.74. The highest BCUT2D eigenvalue weighted by Crippen LogP contribution is 2.33. The van der Waals surface area contributed by atoms with E-state index in [1.165, 1.54) is 12.1 Å². The molecule has 1 aromatic rings. The first-order valence-corrected chi connectivity index (χ1v) is 5.41. The van der Waals surface area contributed by atoms with E-state index in [9.17, 15) is 17.6 Å². The SMILES string of the molecule is CCCNC(c1cc(C)cc(F)c1)C(F)(F)F. The smallest absolute Gasteiger partial charge is 0.302 e. The van der Waals surface area contributed by atoms with Crippen molar-refractivity contribution in [2.75, 3.05) is 6.54 Å². The van der Waals surface area contributed by atoms with Crippen LogP contribution in [0.3, 0.4) is 0 Å². The van der Waals surface area contributed by atoms with Gasteiger partial charge in [0.25, 0.3) is 0 Å². The van der Waals surface area contributed by atoms with Gasteiger partial charge in [0, 0.05) is 0 Å². The minimum atomic E-state index is -4.42. The van der Waals surface area contributed by atoms with Crippen LogP contribution in [0.15, 0.2) is 18.2 Å². The molecule has 1 aromatic carbocycles. The molecule has 0 spiro atoms. The Morgan fingerprint density at radius 3 is 2.35 bits per heavy atom. The fourth-order valence-corrected chi connectivity index (χ4v) is 1.64. The summed E-state index contributed by atoms with van der Waals surface area (Å²) < 4.78 is 51.5. The van der Waals surface area contributed by atoms with Gasteiger partial charge in [-0.15, -0.1) is 0 Å². The molecule has 0 saturated heterocycles. The third-order valence-corrected chi connectivity index (χ3v) is 2.32. The monoisotopic (exact) mass is 249 g/mol. The molecule has 1 N–H and O–H groups in total. The van der Waals surface area contributed by atoms with Crippen molar-refractivity contribution in [1.29, 1.82) is 0 Å². The molecule has 0 aromatic heterocycles. The highest BCUT2D eigenvalue weighted by Gasteiger charge is 2.40. The van der Waals surface area contributed by atoms with Gasteiger partial charge in [-0.1, -0.05) is 13.0 Å². The molecule has 0 amide bonds. The van der Waals surface area contributed by atoms with Crippen molar-refractivity contribution < 1.29 is 17.6 Å². The first-order chi connectivity index (χ1) is 7.84. The summed E-state index contributed by atoms with van der Waals surface area (Å²) in [5.41, 5.74) is 0.399. The van der Waals surface area contributed by atoms with E-state index in [1.807, 2.05) is 0 Å². The summed E-state index contributed by atoms with van der Waals surface area (Å²) >= 11 is 0. The zero-order valence-electron chi connectivity index (χ0n) is 9.74. The summed E-state index contributed by atoms with van der Waals surface area (Å²) in [6.07, 6.45) is -3.84. The Kier molecular flexibility index (Phi) is 4.51. The standard InChI is InChI=1S/C12H15F4N/c1-3-4-17-11(12(14,15)16)9-5-8(2)6-10(13)7-9/h5-7,11,17H,3-4H2,1-2H3. The van der Waals surface area contributed by atoms with Crippen LogP contribution in [-0.4, -0.2) is 12.7 Å². The van der Waals surface area contributed by atoms with E-state index in [4.69, 9.17) is 0 Å². The topological polar surface area (TPSA) is 12.0 Å². The second-order valence-electron chi connectivity index (χ2n) is 3.99. The first-order valence-electron chi connectivity index (χ1n) is 5.41. The zero-order valence-corrected chi connectivity index (χ0v) is 9.74. The van der Waals surface area contributed by atoms with Gasteiger partial charge in [-0.05, 0) is 43.1 Å². The lowest BCUT2D eigenvalue weighted by Gasteiger charge is -2.22. The fraction of sp³-hybridized carbons (Fsp3) is 0.500. The molecule has 0 aliphatic carbocycles. The number of hydrogen-bond donors (Lipinski definition) is 1. The molecule has 1 rings (SSSR count). The van der Waals surface area contributed by atoms with Crippen molar-refractivity contribution in [3.8, 4) is 0 Å². The normalized spacial score (nSPS) is 13.8. The molecule has 0 bridgehead atoms. The van der Waals surface area contributed by atoms with Crippen molar-refractivity contribution in [3.05, 3.63) is 35.1 Å². The van der Waals surface area contributed by atoms with Crippen LogP contribution in [0.1, 0.15) is 30.5 Å². The van der Waals surface area contributed by atoms with Crippen molar-refractivity contribution >= 4 is 0 Å². The van der Waals surface area contributed by atoms with Gasteiger partial charge in [-0.3, -0.25) is 0 Å². The summed E-state index contributed by atoms with van der Waals surface area (Å²) in [6.45, 7) is 3.58. The van der Waals surface area contributed by atoms with Crippen LogP contribution in [-0.2, 0) is 0 Å². The van der Waals surface area contributed by atoms with Gasteiger partial charge >= 0.3 is 6.18 Å². The molecule has 0 fully saturated rings. The first kappa shape index (κ1) is 14.0. The van der Waals surface area contributed by atoms with Crippen molar-refractivity contribution in [1.82, 2.24) is 5.32 Å². The van der Waals surface area contributed by atoms with Gasteiger partial charge in [0.05, 0.1) is 0 Å². The molecule has 1 atom stereocenters. The minimum Gasteiger partial charge on any atom is -0.302 e. The molecule has 1 unspecified atom stereocenters. The zero-order chi connectivity index (χ0) is 13.1. The molecule has 0 heterocycles. The number of aryl methyl sites for hydroxylation is 1. The molecule has 0 aliphatic heterocycles. The van der Waals surface area contributed by atoms with Crippen molar-refractivity contribution in [2.24, 2.45) is 0 Å². The minimum absolute atomic E-state index is 0.0801. The Hall–Kier alpha value is -1.10. The van der Waals surface area contributed by atoms with E-state index < -0.39 is 18.0 Å². The lowest BCUT2D eigenvalue weighted by atomic mass is 10.0. The van der Waals surface area contributed by atoms with Crippen LogP contribution in [0, 0.1) is 12.7 Å². The molecular formula is C12H15F4N. The Labute approximate surface area is 97.8 Å². The molecule has 0 aliphatic rings. The quantitative estimate of drug-likeness (QED) is 0.801. The molecule has 96 valence electrons. The third kappa shape index (κ3) is 4.00. The fourth-order valence-electron chi connectivity index (χ4n) is 1.64. The van der Waals surface area contributed by atoms with Crippen LogP contribution in [0.2, 0.25) is 0 Å². The average molecular weight is 249 g/mol. The number of hydrogen-bond acceptors (Lipinski definition) is 1. The van der Waals surface area contributed by atoms with E-state index >= 15 is 0 Å². The summed E-state index contributed by atoms with van der Waals surface area (Å²) in [7, 11) is 0. The highest BCUT2D eigenvalue weighted by molar-refractivity contribution is 5.27. The highest BCUT2D eigenvalue weighted by atomic mass is 19.4. The predicted molar refractivity (Wildman–Crippen MR) is 58.2 cm³/mol. The van der Waals surface area contributed by atoms with Gasteiger partial charge in [-0.25, -0.2) is 4.39 Å². The van der Waals surface area contributed by atoms with Crippen LogP contribution in [0.25, 0.3) is 0 Å². The average Bonchev–Trinajstić information content (AvgIpc) is 2.14.